The molecule has 0 amide bonds. The third kappa shape index (κ3) is 2.79. The average molecular weight is 293 g/mol. The predicted octanol–water partition coefficient (Wildman–Crippen LogP) is 4.39. The van der Waals surface area contributed by atoms with Gasteiger partial charge in [0.05, 0.1) is 0 Å². The van der Waals surface area contributed by atoms with Crippen molar-refractivity contribution < 1.29 is 0 Å². The summed E-state index contributed by atoms with van der Waals surface area (Å²) in [6, 6.07) is 7.96. The molecule has 0 saturated heterocycles. The second-order valence-electron chi connectivity index (χ2n) is 2.54. The summed E-state index contributed by atoms with van der Waals surface area (Å²) < 4.78 is 0.511. The van der Waals surface area contributed by atoms with Crippen LogP contribution in [0.25, 0.3) is 0 Å². The summed E-state index contributed by atoms with van der Waals surface area (Å²) in [7, 11) is 0. The predicted molar refractivity (Wildman–Crippen MR) is 63.0 cm³/mol. The van der Waals surface area contributed by atoms with Gasteiger partial charge >= 0.3 is 0 Å². The van der Waals surface area contributed by atoms with Crippen molar-refractivity contribution in [2.24, 2.45) is 0 Å². The summed E-state index contributed by atoms with van der Waals surface area (Å²) in [6.07, 6.45) is 2.94. The molecule has 64 valence electrons. The lowest BCUT2D eigenvalue weighted by molar-refractivity contribution is 1.01. The van der Waals surface area contributed by atoms with Crippen LogP contribution in [0, 0.1) is 0 Å². The molecule has 1 unspecified atom stereocenters. The molecule has 0 spiro atoms. The Morgan fingerprint density at radius 3 is 2.50 bits per heavy atom. The number of halogens is 2. The lowest BCUT2D eigenvalue weighted by Gasteiger charge is -2.06. The van der Waals surface area contributed by atoms with Gasteiger partial charge in [-0.05, 0) is 24.1 Å². The van der Waals surface area contributed by atoms with Gasteiger partial charge in [-0.2, -0.15) is 0 Å². The summed E-state index contributed by atoms with van der Waals surface area (Å²) in [5.41, 5.74) is 1.31. The zero-order valence-corrected chi connectivity index (χ0v) is 9.55. The van der Waals surface area contributed by atoms with E-state index in [9.17, 15) is 0 Å². The summed E-state index contributed by atoms with van der Waals surface area (Å²) >= 11 is 8.18. The van der Waals surface area contributed by atoms with Crippen LogP contribution in [-0.4, -0.2) is 0 Å². The number of benzene rings is 1. The molecule has 0 heterocycles. The zero-order chi connectivity index (χ0) is 8.97. The van der Waals surface area contributed by atoms with Gasteiger partial charge in [0.25, 0.3) is 0 Å². The Morgan fingerprint density at radius 2 is 2.00 bits per heavy atom. The van der Waals surface area contributed by atoms with Gasteiger partial charge < -0.3 is 0 Å². The van der Waals surface area contributed by atoms with Crippen molar-refractivity contribution in [3.05, 3.63) is 47.5 Å². The molecule has 0 bridgehead atoms. The van der Waals surface area contributed by atoms with Crippen LogP contribution >= 0.6 is 34.2 Å². The molecule has 1 rings (SSSR count). The van der Waals surface area contributed by atoms with Crippen LogP contribution in [-0.2, 0) is 0 Å². The van der Waals surface area contributed by atoms with Gasteiger partial charge in [0.1, 0.15) is 0 Å². The van der Waals surface area contributed by atoms with Crippen LogP contribution in [0.5, 0.6) is 0 Å². The first kappa shape index (κ1) is 10.1. The minimum absolute atomic E-state index is 0.511. The van der Waals surface area contributed by atoms with E-state index in [1.165, 1.54) is 5.56 Å². The van der Waals surface area contributed by atoms with Gasteiger partial charge in [0, 0.05) is 8.95 Å². The summed E-state index contributed by atoms with van der Waals surface area (Å²) in [5, 5.41) is 0.793. The van der Waals surface area contributed by atoms with Gasteiger partial charge in [-0.15, -0.1) is 6.58 Å². The maximum Gasteiger partial charge on any atom is 0.0406 e. The van der Waals surface area contributed by atoms with E-state index < -0.39 is 0 Å². The molecule has 1 atom stereocenters. The molecule has 0 aliphatic carbocycles. The fourth-order valence-corrected chi connectivity index (χ4v) is 1.85. The van der Waals surface area contributed by atoms with Crippen molar-refractivity contribution in [3.8, 4) is 0 Å². The summed E-state index contributed by atoms with van der Waals surface area (Å²) in [6.45, 7) is 3.71. The standard InChI is InChI=1S/C10H10ClI/c1-2-3-10(12)8-4-6-9(11)7-5-8/h2,4-7,10H,1,3H2. The minimum atomic E-state index is 0.511. The number of allylic oxidation sites excluding steroid dienone is 1. The number of alkyl halides is 1. The maximum absolute atomic E-state index is 5.77. The lowest BCUT2D eigenvalue weighted by atomic mass is 10.1. The zero-order valence-electron chi connectivity index (χ0n) is 6.63. The summed E-state index contributed by atoms with van der Waals surface area (Å²) in [5.74, 6) is 0. The summed E-state index contributed by atoms with van der Waals surface area (Å²) in [4.78, 5) is 0. The van der Waals surface area contributed by atoms with Crippen LogP contribution in [0.3, 0.4) is 0 Å². The van der Waals surface area contributed by atoms with E-state index >= 15 is 0 Å². The molecule has 0 aromatic heterocycles. The average Bonchev–Trinajstić information content (AvgIpc) is 2.06. The molecule has 1 aromatic carbocycles. The Balaban J connectivity index is 2.74. The van der Waals surface area contributed by atoms with E-state index in [0.717, 1.165) is 11.4 Å². The van der Waals surface area contributed by atoms with Crippen LogP contribution in [0.15, 0.2) is 36.9 Å². The highest BCUT2D eigenvalue weighted by atomic mass is 127. The molecular formula is C10H10ClI. The first-order valence-corrected chi connectivity index (χ1v) is 5.37. The van der Waals surface area contributed by atoms with Crippen molar-refractivity contribution in [2.45, 2.75) is 10.3 Å². The van der Waals surface area contributed by atoms with E-state index in [2.05, 4.69) is 41.3 Å². The quantitative estimate of drug-likeness (QED) is 0.440. The molecular weight excluding hydrogens is 282 g/mol. The van der Waals surface area contributed by atoms with Crippen molar-refractivity contribution in [3.63, 3.8) is 0 Å². The van der Waals surface area contributed by atoms with Crippen molar-refractivity contribution in [1.82, 2.24) is 0 Å². The topological polar surface area (TPSA) is 0 Å². The molecule has 0 fully saturated rings. The van der Waals surface area contributed by atoms with Crippen LogP contribution in [0.2, 0.25) is 5.02 Å². The molecule has 0 N–H and O–H groups in total. The molecule has 0 aliphatic heterocycles. The van der Waals surface area contributed by atoms with Gasteiger partial charge in [-0.25, -0.2) is 0 Å². The largest absolute Gasteiger partial charge is 0.103 e. The minimum Gasteiger partial charge on any atom is -0.103 e. The van der Waals surface area contributed by atoms with Gasteiger partial charge in [-0.3, -0.25) is 0 Å². The Kier molecular flexibility index (Phi) is 4.09. The molecule has 2 heteroatoms. The first-order valence-electron chi connectivity index (χ1n) is 3.74. The fourth-order valence-electron chi connectivity index (χ4n) is 0.954. The van der Waals surface area contributed by atoms with Gasteiger partial charge in [0.2, 0.25) is 0 Å². The van der Waals surface area contributed by atoms with Gasteiger partial charge in [-0.1, -0.05) is 52.4 Å². The normalized spacial score (nSPS) is 12.5. The lowest BCUT2D eigenvalue weighted by Crippen LogP contribution is -1.86. The highest BCUT2D eigenvalue weighted by molar-refractivity contribution is 14.1. The molecule has 0 nitrogen and oxygen atoms in total. The number of hydrogen-bond donors (Lipinski definition) is 0. The van der Waals surface area contributed by atoms with Crippen molar-refractivity contribution in [2.75, 3.05) is 0 Å². The van der Waals surface area contributed by atoms with Crippen LogP contribution in [0.4, 0.5) is 0 Å². The molecule has 0 saturated carbocycles. The highest BCUT2D eigenvalue weighted by Crippen LogP contribution is 2.27. The second kappa shape index (κ2) is 4.87. The third-order valence-electron chi connectivity index (χ3n) is 1.61. The van der Waals surface area contributed by atoms with Crippen LogP contribution < -0.4 is 0 Å². The van der Waals surface area contributed by atoms with E-state index in [0.29, 0.717) is 3.92 Å². The van der Waals surface area contributed by atoms with Crippen LogP contribution in [0.1, 0.15) is 15.9 Å². The Bertz CT molecular complexity index is 253. The molecule has 12 heavy (non-hydrogen) atoms. The maximum atomic E-state index is 5.77. The van der Waals surface area contributed by atoms with Gasteiger partial charge in [0.15, 0.2) is 0 Å². The Hall–Kier alpha value is -0.0200. The second-order valence-corrected chi connectivity index (χ2v) is 4.48. The van der Waals surface area contributed by atoms with E-state index in [1.807, 2.05) is 18.2 Å². The van der Waals surface area contributed by atoms with E-state index in [1.54, 1.807) is 0 Å². The van der Waals surface area contributed by atoms with Crippen molar-refractivity contribution in [1.29, 1.82) is 0 Å². The Labute approximate surface area is 91.8 Å². The third-order valence-corrected chi connectivity index (χ3v) is 3.08. The molecule has 0 aliphatic rings. The van der Waals surface area contributed by atoms with Crippen molar-refractivity contribution >= 4 is 34.2 Å². The Morgan fingerprint density at radius 1 is 1.42 bits per heavy atom. The smallest absolute Gasteiger partial charge is 0.0406 e. The number of rotatable bonds is 3. The highest BCUT2D eigenvalue weighted by Gasteiger charge is 2.03. The monoisotopic (exact) mass is 292 g/mol. The van der Waals surface area contributed by atoms with E-state index in [-0.39, 0.29) is 0 Å². The first-order chi connectivity index (χ1) is 5.74. The van der Waals surface area contributed by atoms with E-state index in [4.69, 9.17) is 11.6 Å². The SMILES string of the molecule is C=CCC(I)c1ccc(Cl)cc1. The molecule has 0 radical (unpaired) electrons. The fraction of sp³-hybridized carbons (Fsp3) is 0.200. The molecule has 1 aromatic rings. The number of hydrogen-bond acceptors (Lipinski definition) is 0.